The van der Waals surface area contributed by atoms with Crippen molar-refractivity contribution in [2.24, 2.45) is 0 Å². The zero-order valence-corrected chi connectivity index (χ0v) is 15.6. The van der Waals surface area contributed by atoms with Crippen LogP contribution in [0.1, 0.15) is 5.56 Å². The molecule has 0 aliphatic carbocycles. The van der Waals surface area contributed by atoms with Crippen LogP contribution in [0.5, 0.6) is 5.75 Å². The molecule has 1 amide bonds. The zero-order valence-electron chi connectivity index (χ0n) is 14.8. The maximum atomic E-state index is 12.4. The van der Waals surface area contributed by atoms with E-state index in [-0.39, 0.29) is 12.5 Å². The molecule has 1 N–H and O–H groups in total. The molecule has 4 rings (SSSR count). The van der Waals surface area contributed by atoms with Crippen molar-refractivity contribution < 1.29 is 9.53 Å². The summed E-state index contributed by atoms with van der Waals surface area (Å²) in [5.41, 5.74) is 3.60. The van der Waals surface area contributed by atoms with E-state index in [1.54, 1.807) is 11.3 Å². The van der Waals surface area contributed by atoms with E-state index >= 15 is 0 Å². The second kappa shape index (κ2) is 7.60. The highest BCUT2D eigenvalue weighted by Crippen LogP contribution is 2.34. The van der Waals surface area contributed by atoms with Crippen molar-refractivity contribution in [2.45, 2.75) is 6.92 Å². The van der Waals surface area contributed by atoms with Crippen molar-refractivity contribution in [3.63, 3.8) is 0 Å². The van der Waals surface area contributed by atoms with Crippen LogP contribution in [0.3, 0.4) is 0 Å². The number of aryl methyl sites for hydroxylation is 1. The molecular weight excluding hydrogens is 356 g/mol. The number of hydrogen-bond donors (Lipinski definition) is 1. The SMILES string of the molecule is Cc1ccccc1OCC(=O)Nc1ccccc1-c1nc2ccccc2s1. The van der Waals surface area contributed by atoms with Crippen molar-refractivity contribution in [1.82, 2.24) is 4.98 Å². The second-order valence-corrected chi connectivity index (χ2v) is 7.17. The number of nitrogens with one attached hydrogen (secondary N) is 1. The van der Waals surface area contributed by atoms with Crippen molar-refractivity contribution in [3.05, 3.63) is 78.4 Å². The Morgan fingerprint density at radius 2 is 1.74 bits per heavy atom. The highest BCUT2D eigenvalue weighted by Gasteiger charge is 2.13. The summed E-state index contributed by atoms with van der Waals surface area (Å²) in [5.74, 6) is 0.513. The second-order valence-electron chi connectivity index (χ2n) is 6.13. The Morgan fingerprint density at radius 1 is 1.00 bits per heavy atom. The molecule has 0 aliphatic rings. The average Bonchev–Trinajstić information content (AvgIpc) is 3.12. The van der Waals surface area contributed by atoms with E-state index in [4.69, 9.17) is 9.72 Å². The minimum atomic E-state index is -0.202. The first-order chi connectivity index (χ1) is 13.2. The van der Waals surface area contributed by atoms with Crippen molar-refractivity contribution >= 4 is 33.1 Å². The summed E-state index contributed by atoms with van der Waals surface area (Å²) < 4.78 is 6.76. The predicted octanol–water partition coefficient (Wildman–Crippen LogP) is 5.29. The molecule has 134 valence electrons. The fourth-order valence-electron chi connectivity index (χ4n) is 2.81. The number of anilines is 1. The van der Waals surface area contributed by atoms with E-state index in [9.17, 15) is 4.79 Å². The van der Waals surface area contributed by atoms with Gasteiger partial charge >= 0.3 is 0 Å². The third kappa shape index (κ3) is 3.83. The molecule has 0 radical (unpaired) electrons. The molecule has 3 aromatic carbocycles. The molecule has 0 bridgehead atoms. The lowest BCUT2D eigenvalue weighted by Gasteiger charge is -2.11. The monoisotopic (exact) mass is 374 g/mol. The number of amides is 1. The van der Waals surface area contributed by atoms with Gasteiger partial charge in [0, 0.05) is 5.56 Å². The van der Waals surface area contributed by atoms with Crippen molar-refractivity contribution in [3.8, 4) is 16.3 Å². The van der Waals surface area contributed by atoms with Crippen LogP contribution in [0.25, 0.3) is 20.8 Å². The predicted molar refractivity (Wildman–Crippen MR) is 110 cm³/mol. The summed E-state index contributed by atoms with van der Waals surface area (Å²) in [7, 11) is 0. The lowest BCUT2D eigenvalue weighted by atomic mass is 10.2. The number of benzene rings is 3. The highest BCUT2D eigenvalue weighted by atomic mass is 32.1. The largest absolute Gasteiger partial charge is 0.483 e. The van der Waals surface area contributed by atoms with Gasteiger partial charge in [0.05, 0.1) is 15.9 Å². The first-order valence-corrected chi connectivity index (χ1v) is 9.45. The van der Waals surface area contributed by atoms with Crippen molar-refractivity contribution in [1.29, 1.82) is 0 Å². The fourth-order valence-corrected chi connectivity index (χ4v) is 3.82. The van der Waals surface area contributed by atoms with Gasteiger partial charge in [0.2, 0.25) is 0 Å². The Hall–Kier alpha value is -3.18. The minimum Gasteiger partial charge on any atom is -0.483 e. The number of para-hydroxylation sites is 3. The topological polar surface area (TPSA) is 51.2 Å². The van der Waals surface area contributed by atoms with E-state index in [1.807, 2.05) is 79.7 Å². The van der Waals surface area contributed by atoms with Crippen LogP contribution in [0.15, 0.2) is 72.8 Å². The number of ether oxygens (including phenoxy) is 1. The van der Waals surface area contributed by atoms with Gasteiger partial charge in [-0.3, -0.25) is 4.79 Å². The number of aromatic nitrogens is 1. The molecule has 0 saturated carbocycles. The number of rotatable bonds is 5. The van der Waals surface area contributed by atoms with Gasteiger partial charge in [0.1, 0.15) is 10.8 Å². The Kier molecular flexibility index (Phi) is 4.85. The number of thiazole rings is 1. The molecule has 4 aromatic rings. The maximum absolute atomic E-state index is 12.4. The zero-order chi connectivity index (χ0) is 18.6. The molecule has 1 heterocycles. The van der Waals surface area contributed by atoms with Gasteiger partial charge in [-0.1, -0.05) is 42.5 Å². The molecule has 0 fully saturated rings. The normalized spacial score (nSPS) is 10.7. The van der Waals surface area contributed by atoms with Crippen LogP contribution in [-0.2, 0) is 4.79 Å². The van der Waals surface area contributed by atoms with E-state index in [0.29, 0.717) is 5.75 Å². The van der Waals surface area contributed by atoms with Crippen molar-refractivity contribution in [2.75, 3.05) is 11.9 Å². The highest BCUT2D eigenvalue weighted by molar-refractivity contribution is 7.21. The van der Waals surface area contributed by atoms with Gasteiger partial charge in [-0.25, -0.2) is 4.98 Å². The van der Waals surface area contributed by atoms with Gasteiger partial charge < -0.3 is 10.1 Å². The summed E-state index contributed by atoms with van der Waals surface area (Å²) in [5, 5.41) is 3.83. The maximum Gasteiger partial charge on any atom is 0.262 e. The molecular formula is C22H18N2O2S. The van der Waals surface area contributed by atoms with Gasteiger partial charge in [0.15, 0.2) is 6.61 Å². The molecule has 4 nitrogen and oxygen atoms in total. The third-order valence-electron chi connectivity index (χ3n) is 4.18. The lowest BCUT2D eigenvalue weighted by Crippen LogP contribution is -2.20. The Balaban J connectivity index is 1.52. The summed E-state index contributed by atoms with van der Waals surface area (Å²) in [6, 6.07) is 23.4. The molecule has 5 heteroatoms. The Morgan fingerprint density at radius 3 is 2.59 bits per heavy atom. The lowest BCUT2D eigenvalue weighted by molar-refractivity contribution is -0.118. The fraction of sp³-hybridized carbons (Fsp3) is 0.0909. The van der Waals surface area contributed by atoms with Gasteiger partial charge in [-0.05, 0) is 42.8 Å². The first kappa shape index (κ1) is 17.2. The van der Waals surface area contributed by atoms with E-state index in [1.165, 1.54) is 0 Å². The Labute approximate surface area is 161 Å². The Bertz CT molecular complexity index is 1070. The van der Waals surface area contributed by atoms with Gasteiger partial charge in [-0.15, -0.1) is 11.3 Å². The van der Waals surface area contributed by atoms with Gasteiger partial charge in [-0.2, -0.15) is 0 Å². The van der Waals surface area contributed by atoms with Crippen LogP contribution < -0.4 is 10.1 Å². The third-order valence-corrected chi connectivity index (χ3v) is 5.25. The number of fused-ring (bicyclic) bond motifs is 1. The summed E-state index contributed by atoms with van der Waals surface area (Å²) >= 11 is 1.61. The smallest absolute Gasteiger partial charge is 0.262 e. The van der Waals surface area contributed by atoms with E-state index in [2.05, 4.69) is 5.32 Å². The minimum absolute atomic E-state index is 0.0426. The standard InChI is InChI=1S/C22H18N2O2S/c1-15-8-2-6-12-19(15)26-14-21(25)23-17-10-4-3-9-16(17)22-24-18-11-5-7-13-20(18)27-22/h2-13H,14H2,1H3,(H,23,25). The summed E-state index contributed by atoms with van der Waals surface area (Å²) in [6.07, 6.45) is 0. The van der Waals surface area contributed by atoms with E-state index in [0.717, 1.165) is 32.0 Å². The average molecular weight is 374 g/mol. The number of carbonyl (C=O) groups is 1. The summed E-state index contributed by atoms with van der Waals surface area (Å²) in [6.45, 7) is 1.91. The van der Waals surface area contributed by atoms with Crippen LogP contribution in [0.2, 0.25) is 0 Å². The molecule has 0 saturated heterocycles. The van der Waals surface area contributed by atoms with Crippen LogP contribution in [0.4, 0.5) is 5.69 Å². The number of carbonyl (C=O) groups excluding carboxylic acids is 1. The van der Waals surface area contributed by atoms with Crippen LogP contribution in [0, 0.1) is 6.92 Å². The summed E-state index contributed by atoms with van der Waals surface area (Å²) in [4.78, 5) is 17.1. The van der Waals surface area contributed by atoms with E-state index < -0.39 is 0 Å². The van der Waals surface area contributed by atoms with Gasteiger partial charge in [0.25, 0.3) is 5.91 Å². The quantitative estimate of drug-likeness (QED) is 0.516. The molecule has 0 aliphatic heterocycles. The molecule has 27 heavy (non-hydrogen) atoms. The number of hydrogen-bond acceptors (Lipinski definition) is 4. The number of nitrogens with zero attached hydrogens (tertiary/aromatic N) is 1. The molecule has 0 spiro atoms. The van der Waals surface area contributed by atoms with Crippen LogP contribution in [-0.4, -0.2) is 17.5 Å². The molecule has 0 unspecified atom stereocenters. The first-order valence-electron chi connectivity index (χ1n) is 8.64. The molecule has 1 aromatic heterocycles. The molecule has 0 atom stereocenters. The van der Waals surface area contributed by atoms with Crippen LogP contribution >= 0.6 is 11.3 Å².